The standard InChI is InChI=1S/C13H16N2O2/c1-3-7-14-12(16)9-13(17)15-11-6-4-5-10(2)8-11/h3-6,8H,1,7,9H2,2H3,(H,14,16)(H,15,17). The van der Waals surface area contributed by atoms with Crippen molar-refractivity contribution in [2.45, 2.75) is 13.3 Å². The maximum absolute atomic E-state index is 11.5. The second kappa shape index (κ2) is 6.48. The molecule has 2 amide bonds. The SMILES string of the molecule is C=CCNC(=O)CC(=O)Nc1cccc(C)c1. The molecule has 0 spiro atoms. The molecule has 0 saturated carbocycles. The van der Waals surface area contributed by atoms with Gasteiger partial charge in [0.25, 0.3) is 0 Å². The van der Waals surface area contributed by atoms with E-state index in [0.29, 0.717) is 12.2 Å². The van der Waals surface area contributed by atoms with E-state index in [1.165, 1.54) is 0 Å². The van der Waals surface area contributed by atoms with Crippen LogP contribution in [0.15, 0.2) is 36.9 Å². The van der Waals surface area contributed by atoms with E-state index in [1.807, 2.05) is 25.1 Å². The largest absolute Gasteiger partial charge is 0.352 e. The fourth-order valence-corrected chi connectivity index (χ4v) is 1.32. The molecule has 1 aromatic rings. The van der Waals surface area contributed by atoms with Crippen molar-refractivity contribution < 1.29 is 9.59 Å². The first-order valence-corrected chi connectivity index (χ1v) is 5.36. The summed E-state index contributed by atoms with van der Waals surface area (Å²) < 4.78 is 0. The molecule has 90 valence electrons. The van der Waals surface area contributed by atoms with Crippen molar-refractivity contribution in [1.82, 2.24) is 5.32 Å². The summed E-state index contributed by atoms with van der Waals surface area (Å²) >= 11 is 0. The maximum atomic E-state index is 11.5. The molecule has 2 N–H and O–H groups in total. The van der Waals surface area contributed by atoms with Crippen molar-refractivity contribution in [3.05, 3.63) is 42.5 Å². The molecule has 0 aliphatic rings. The van der Waals surface area contributed by atoms with Gasteiger partial charge in [0.2, 0.25) is 11.8 Å². The summed E-state index contributed by atoms with van der Waals surface area (Å²) in [6.07, 6.45) is 1.39. The van der Waals surface area contributed by atoms with Crippen molar-refractivity contribution in [3.63, 3.8) is 0 Å². The highest BCUT2D eigenvalue weighted by molar-refractivity contribution is 6.03. The summed E-state index contributed by atoms with van der Waals surface area (Å²) in [4.78, 5) is 22.7. The minimum atomic E-state index is -0.322. The predicted octanol–water partition coefficient (Wildman–Crippen LogP) is 1.63. The molecule has 0 unspecified atom stereocenters. The van der Waals surface area contributed by atoms with E-state index < -0.39 is 0 Å². The second-order valence-electron chi connectivity index (χ2n) is 3.69. The zero-order valence-electron chi connectivity index (χ0n) is 9.82. The molecule has 0 fully saturated rings. The van der Waals surface area contributed by atoms with E-state index in [9.17, 15) is 9.59 Å². The molecule has 4 nitrogen and oxygen atoms in total. The molecule has 0 aliphatic carbocycles. The monoisotopic (exact) mass is 232 g/mol. The zero-order valence-corrected chi connectivity index (χ0v) is 9.82. The molecule has 0 bridgehead atoms. The number of hydrogen-bond acceptors (Lipinski definition) is 2. The van der Waals surface area contributed by atoms with Crippen LogP contribution in [0.2, 0.25) is 0 Å². The molecule has 0 aliphatic heterocycles. The molecule has 0 atom stereocenters. The van der Waals surface area contributed by atoms with Crippen molar-refractivity contribution in [1.29, 1.82) is 0 Å². The van der Waals surface area contributed by atoms with Crippen LogP contribution in [0.4, 0.5) is 5.69 Å². The van der Waals surface area contributed by atoms with Crippen LogP contribution in [0.5, 0.6) is 0 Å². The molecule has 0 aromatic heterocycles. The molecule has 17 heavy (non-hydrogen) atoms. The lowest BCUT2D eigenvalue weighted by Gasteiger charge is -2.05. The fourth-order valence-electron chi connectivity index (χ4n) is 1.32. The Bertz CT molecular complexity index is 427. The van der Waals surface area contributed by atoms with Gasteiger partial charge in [-0.2, -0.15) is 0 Å². The molecule has 0 heterocycles. The fraction of sp³-hybridized carbons (Fsp3) is 0.231. The molecular weight excluding hydrogens is 216 g/mol. The number of carbonyl (C=O) groups excluding carboxylic acids is 2. The summed E-state index contributed by atoms with van der Waals surface area (Å²) in [5, 5.41) is 5.21. The third-order valence-electron chi connectivity index (χ3n) is 2.07. The Kier molecular flexibility index (Phi) is 4.94. The quantitative estimate of drug-likeness (QED) is 0.598. The van der Waals surface area contributed by atoms with Crippen LogP contribution in [-0.4, -0.2) is 18.4 Å². The van der Waals surface area contributed by atoms with E-state index in [1.54, 1.807) is 12.1 Å². The zero-order chi connectivity index (χ0) is 12.7. The van der Waals surface area contributed by atoms with E-state index in [0.717, 1.165) is 5.56 Å². The van der Waals surface area contributed by atoms with Crippen LogP contribution in [0.3, 0.4) is 0 Å². The summed E-state index contributed by atoms with van der Waals surface area (Å²) in [5.74, 6) is -0.632. The number of aryl methyl sites for hydroxylation is 1. The Morgan fingerprint density at radius 1 is 1.35 bits per heavy atom. The molecule has 1 aromatic carbocycles. The van der Waals surface area contributed by atoms with E-state index in [4.69, 9.17) is 0 Å². The van der Waals surface area contributed by atoms with Gasteiger partial charge < -0.3 is 10.6 Å². The molecule has 0 radical (unpaired) electrons. The van der Waals surface area contributed by atoms with Crippen molar-refractivity contribution in [3.8, 4) is 0 Å². The first kappa shape index (κ1) is 13.0. The summed E-state index contributed by atoms with van der Waals surface area (Å²) in [6.45, 7) is 5.78. The second-order valence-corrected chi connectivity index (χ2v) is 3.69. The number of rotatable bonds is 5. The Morgan fingerprint density at radius 2 is 2.12 bits per heavy atom. The number of benzene rings is 1. The van der Waals surface area contributed by atoms with Crippen molar-refractivity contribution >= 4 is 17.5 Å². The van der Waals surface area contributed by atoms with E-state index in [2.05, 4.69) is 17.2 Å². The van der Waals surface area contributed by atoms with Crippen LogP contribution < -0.4 is 10.6 Å². The van der Waals surface area contributed by atoms with Gasteiger partial charge in [0.15, 0.2) is 0 Å². The Balaban J connectivity index is 2.44. The average molecular weight is 232 g/mol. The van der Waals surface area contributed by atoms with E-state index in [-0.39, 0.29) is 18.2 Å². The van der Waals surface area contributed by atoms with Gasteiger partial charge in [0.1, 0.15) is 6.42 Å². The number of carbonyl (C=O) groups is 2. The lowest BCUT2D eigenvalue weighted by atomic mass is 10.2. The highest BCUT2D eigenvalue weighted by atomic mass is 16.2. The minimum Gasteiger partial charge on any atom is -0.352 e. The highest BCUT2D eigenvalue weighted by Crippen LogP contribution is 2.09. The highest BCUT2D eigenvalue weighted by Gasteiger charge is 2.08. The Morgan fingerprint density at radius 3 is 2.76 bits per heavy atom. The molecule has 1 rings (SSSR count). The smallest absolute Gasteiger partial charge is 0.233 e. The van der Waals surface area contributed by atoms with Crippen LogP contribution in [0, 0.1) is 6.92 Å². The summed E-state index contributed by atoms with van der Waals surface area (Å²) in [5.41, 5.74) is 1.76. The summed E-state index contributed by atoms with van der Waals surface area (Å²) in [7, 11) is 0. The van der Waals surface area contributed by atoms with E-state index >= 15 is 0 Å². The molecule has 4 heteroatoms. The maximum Gasteiger partial charge on any atom is 0.233 e. The molecular formula is C13H16N2O2. The third kappa shape index (κ3) is 4.97. The van der Waals surface area contributed by atoms with Gasteiger partial charge in [-0.1, -0.05) is 18.2 Å². The van der Waals surface area contributed by atoms with Gasteiger partial charge >= 0.3 is 0 Å². The van der Waals surface area contributed by atoms with Crippen molar-refractivity contribution in [2.75, 3.05) is 11.9 Å². The van der Waals surface area contributed by atoms with Gasteiger partial charge in [-0.3, -0.25) is 9.59 Å². The van der Waals surface area contributed by atoms with Crippen LogP contribution in [0.1, 0.15) is 12.0 Å². The third-order valence-corrected chi connectivity index (χ3v) is 2.07. The van der Waals surface area contributed by atoms with Gasteiger partial charge in [0, 0.05) is 12.2 Å². The van der Waals surface area contributed by atoms with Gasteiger partial charge in [-0.05, 0) is 24.6 Å². The normalized spacial score (nSPS) is 9.47. The van der Waals surface area contributed by atoms with Crippen molar-refractivity contribution in [2.24, 2.45) is 0 Å². The van der Waals surface area contributed by atoms with Gasteiger partial charge in [0.05, 0.1) is 0 Å². The number of nitrogens with one attached hydrogen (secondary N) is 2. The first-order chi connectivity index (χ1) is 8.11. The Labute approximate surface area is 101 Å². The van der Waals surface area contributed by atoms with Gasteiger partial charge in [-0.15, -0.1) is 6.58 Å². The first-order valence-electron chi connectivity index (χ1n) is 5.36. The number of anilines is 1. The van der Waals surface area contributed by atoms with Crippen LogP contribution in [-0.2, 0) is 9.59 Å². The lowest BCUT2D eigenvalue weighted by Crippen LogP contribution is -2.28. The van der Waals surface area contributed by atoms with Crippen LogP contribution in [0.25, 0.3) is 0 Å². The lowest BCUT2D eigenvalue weighted by molar-refractivity contribution is -0.126. The minimum absolute atomic E-state index is 0.179. The topological polar surface area (TPSA) is 58.2 Å². The van der Waals surface area contributed by atoms with Gasteiger partial charge in [-0.25, -0.2) is 0 Å². The molecule has 0 saturated heterocycles. The average Bonchev–Trinajstić information content (AvgIpc) is 2.26. The Hall–Kier alpha value is -2.10. The summed E-state index contributed by atoms with van der Waals surface area (Å²) in [6, 6.07) is 7.42. The number of amides is 2. The van der Waals surface area contributed by atoms with Crippen LogP contribution >= 0.6 is 0 Å². The number of hydrogen-bond donors (Lipinski definition) is 2. The predicted molar refractivity (Wildman–Crippen MR) is 67.6 cm³/mol.